The minimum Gasteiger partial charge on any atom is -0.326 e. The molecule has 2 rings (SSSR count). The first kappa shape index (κ1) is 15.5. The van der Waals surface area contributed by atoms with Gasteiger partial charge in [0.1, 0.15) is 0 Å². The van der Waals surface area contributed by atoms with Gasteiger partial charge in [-0.15, -0.1) is 0 Å². The van der Waals surface area contributed by atoms with Crippen LogP contribution in [0.1, 0.15) is 24.8 Å². The van der Waals surface area contributed by atoms with E-state index in [0.717, 1.165) is 0 Å². The van der Waals surface area contributed by atoms with E-state index in [1.807, 2.05) is 6.07 Å². The first-order chi connectivity index (χ1) is 10.0. The molecule has 0 unspecified atom stereocenters. The quantitative estimate of drug-likeness (QED) is 0.888. The molecular weight excluding hydrogens is 290 g/mol. The predicted octanol–water partition coefficient (Wildman–Crippen LogP) is 1.31. The molecule has 1 N–H and O–H groups in total. The molecule has 1 amide bonds. The first-order valence-corrected chi connectivity index (χ1v) is 8.40. The van der Waals surface area contributed by atoms with Gasteiger partial charge in [-0.1, -0.05) is 6.07 Å². The average molecular weight is 307 g/mol. The number of nitriles is 1. The summed E-state index contributed by atoms with van der Waals surface area (Å²) in [6.07, 6.45) is 1.40. The lowest BCUT2D eigenvalue weighted by Crippen LogP contribution is -2.27. The summed E-state index contributed by atoms with van der Waals surface area (Å²) >= 11 is 0. The number of anilines is 1. The number of sulfonamides is 1. The van der Waals surface area contributed by atoms with Crippen LogP contribution >= 0.6 is 0 Å². The van der Waals surface area contributed by atoms with E-state index in [9.17, 15) is 13.2 Å². The third kappa shape index (κ3) is 4.28. The van der Waals surface area contributed by atoms with E-state index in [1.54, 1.807) is 24.3 Å². The Bertz CT molecular complexity index is 664. The number of rotatable bonds is 5. The van der Waals surface area contributed by atoms with E-state index in [4.69, 9.17) is 5.26 Å². The molecule has 1 heterocycles. The summed E-state index contributed by atoms with van der Waals surface area (Å²) in [5.74, 6) is 0.0295. The van der Waals surface area contributed by atoms with Gasteiger partial charge in [0.2, 0.25) is 15.9 Å². The van der Waals surface area contributed by atoms with Crippen molar-refractivity contribution in [2.45, 2.75) is 19.3 Å². The standard InChI is InChI=1S/C14H17N3O3S/c15-11-12-4-1-5-13(10-12)16-14(18)6-2-7-17-8-3-9-21(17,19)20/h1,4-5,10H,2-3,6-9H2,(H,16,18). The van der Waals surface area contributed by atoms with Crippen LogP contribution in [0.15, 0.2) is 24.3 Å². The Morgan fingerprint density at radius 1 is 1.43 bits per heavy atom. The Kier molecular flexibility index (Phi) is 4.94. The number of carbonyl (C=O) groups is 1. The van der Waals surface area contributed by atoms with Crippen LogP contribution in [0.25, 0.3) is 0 Å². The van der Waals surface area contributed by atoms with Gasteiger partial charge in [-0.25, -0.2) is 12.7 Å². The van der Waals surface area contributed by atoms with E-state index in [-0.39, 0.29) is 18.1 Å². The zero-order valence-electron chi connectivity index (χ0n) is 11.6. The molecule has 0 aliphatic carbocycles. The fourth-order valence-corrected chi connectivity index (χ4v) is 3.81. The van der Waals surface area contributed by atoms with Crippen molar-refractivity contribution in [2.24, 2.45) is 0 Å². The van der Waals surface area contributed by atoms with Crippen LogP contribution in [0, 0.1) is 11.3 Å². The predicted molar refractivity (Wildman–Crippen MR) is 79.0 cm³/mol. The van der Waals surface area contributed by atoms with Crippen molar-refractivity contribution < 1.29 is 13.2 Å². The Morgan fingerprint density at radius 2 is 2.24 bits per heavy atom. The van der Waals surface area contributed by atoms with Crippen molar-refractivity contribution in [3.05, 3.63) is 29.8 Å². The smallest absolute Gasteiger partial charge is 0.224 e. The highest BCUT2D eigenvalue weighted by Gasteiger charge is 2.27. The van der Waals surface area contributed by atoms with E-state index in [1.165, 1.54) is 4.31 Å². The van der Waals surface area contributed by atoms with Crippen LogP contribution in [-0.4, -0.2) is 37.5 Å². The van der Waals surface area contributed by atoms with Crippen LogP contribution in [0.4, 0.5) is 5.69 Å². The van der Waals surface area contributed by atoms with Gasteiger partial charge in [-0.2, -0.15) is 5.26 Å². The maximum atomic E-state index is 11.8. The van der Waals surface area contributed by atoms with Gasteiger partial charge in [0.05, 0.1) is 17.4 Å². The topological polar surface area (TPSA) is 90.3 Å². The van der Waals surface area contributed by atoms with Gasteiger partial charge in [0, 0.05) is 25.2 Å². The third-order valence-electron chi connectivity index (χ3n) is 3.29. The van der Waals surface area contributed by atoms with Crippen LogP contribution in [-0.2, 0) is 14.8 Å². The second kappa shape index (κ2) is 6.70. The largest absolute Gasteiger partial charge is 0.326 e. The lowest BCUT2D eigenvalue weighted by molar-refractivity contribution is -0.116. The number of nitrogens with one attached hydrogen (secondary N) is 1. The van der Waals surface area contributed by atoms with Crippen LogP contribution in [0.5, 0.6) is 0 Å². The number of hydrogen-bond donors (Lipinski definition) is 1. The van der Waals surface area contributed by atoms with Crippen molar-refractivity contribution in [3.63, 3.8) is 0 Å². The van der Waals surface area contributed by atoms with Gasteiger partial charge in [0.15, 0.2) is 0 Å². The van der Waals surface area contributed by atoms with Crippen molar-refractivity contribution in [2.75, 3.05) is 24.2 Å². The number of benzene rings is 1. The van der Waals surface area contributed by atoms with Crippen LogP contribution < -0.4 is 5.32 Å². The third-order valence-corrected chi connectivity index (χ3v) is 5.25. The highest BCUT2D eigenvalue weighted by atomic mass is 32.2. The number of hydrogen-bond acceptors (Lipinski definition) is 4. The highest BCUT2D eigenvalue weighted by molar-refractivity contribution is 7.89. The molecule has 6 nitrogen and oxygen atoms in total. The molecule has 1 aromatic rings. The second-order valence-corrected chi connectivity index (χ2v) is 7.00. The van der Waals surface area contributed by atoms with E-state index in [0.29, 0.717) is 37.2 Å². The maximum absolute atomic E-state index is 11.8. The zero-order valence-corrected chi connectivity index (χ0v) is 12.4. The Balaban J connectivity index is 1.79. The van der Waals surface area contributed by atoms with E-state index < -0.39 is 10.0 Å². The normalized spacial score (nSPS) is 17.3. The van der Waals surface area contributed by atoms with Gasteiger partial charge < -0.3 is 5.32 Å². The van der Waals surface area contributed by atoms with Gasteiger partial charge >= 0.3 is 0 Å². The molecule has 1 fully saturated rings. The fraction of sp³-hybridized carbons (Fsp3) is 0.429. The van der Waals surface area contributed by atoms with Crippen LogP contribution in [0.2, 0.25) is 0 Å². The lowest BCUT2D eigenvalue weighted by atomic mass is 10.2. The second-order valence-electron chi connectivity index (χ2n) is 4.91. The van der Waals surface area contributed by atoms with Crippen molar-refractivity contribution >= 4 is 21.6 Å². The molecule has 21 heavy (non-hydrogen) atoms. The van der Waals surface area contributed by atoms with Gasteiger partial charge in [-0.05, 0) is 31.0 Å². The summed E-state index contributed by atoms with van der Waals surface area (Å²) < 4.78 is 24.6. The van der Waals surface area contributed by atoms with Crippen molar-refractivity contribution in [1.29, 1.82) is 5.26 Å². The van der Waals surface area contributed by atoms with E-state index >= 15 is 0 Å². The zero-order chi connectivity index (χ0) is 15.3. The fourth-order valence-electron chi connectivity index (χ4n) is 2.25. The van der Waals surface area contributed by atoms with E-state index in [2.05, 4.69) is 5.32 Å². The molecule has 1 aliphatic rings. The minimum absolute atomic E-state index is 0.179. The maximum Gasteiger partial charge on any atom is 0.224 e. The van der Waals surface area contributed by atoms with Crippen molar-refractivity contribution in [1.82, 2.24) is 4.31 Å². The van der Waals surface area contributed by atoms with Gasteiger partial charge in [-0.3, -0.25) is 4.79 Å². The summed E-state index contributed by atoms with van der Waals surface area (Å²) in [6, 6.07) is 8.68. The average Bonchev–Trinajstić information content (AvgIpc) is 2.78. The molecule has 1 aromatic carbocycles. The molecule has 0 bridgehead atoms. The Morgan fingerprint density at radius 3 is 2.90 bits per heavy atom. The number of nitrogens with zero attached hydrogens (tertiary/aromatic N) is 2. The molecule has 1 saturated heterocycles. The lowest BCUT2D eigenvalue weighted by Gasteiger charge is -2.13. The van der Waals surface area contributed by atoms with Crippen molar-refractivity contribution in [3.8, 4) is 6.07 Å². The summed E-state index contributed by atoms with van der Waals surface area (Å²) in [5.41, 5.74) is 1.06. The number of amides is 1. The molecule has 112 valence electrons. The molecule has 0 radical (unpaired) electrons. The summed E-state index contributed by atoms with van der Waals surface area (Å²) in [6.45, 7) is 0.933. The molecule has 0 aromatic heterocycles. The minimum atomic E-state index is -3.09. The number of carbonyl (C=O) groups excluding carboxylic acids is 1. The summed E-state index contributed by atoms with van der Waals surface area (Å²) in [5, 5.41) is 11.5. The molecule has 0 atom stereocenters. The molecule has 1 aliphatic heterocycles. The van der Waals surface area contributed by atoms with Gasteiger partial charge in [0.25, 0.3) is 0 Å². The molecule has 7 heteroatoms. The monoisotopic (exact) mass is 307 g/mol. The Hall–Kier alpha value is -1.91. The summed E-state index contributed by atoms with van der Waals surface area (Å²) in [4.78, 5) is 11.8. The molecule has 0 saturated carbocycles. The molecular formula is C14H17N3O3S. The molecule has 0 spiro atoms. The van der Waals surface area contributed by atoms with Crippen LogP contribution in [0.3, 0.4) is 0 Å². The summed E-state index contributed by atoms with van der Waals surface area (Å²) in [7, 11) is -3.09. The Labute approximate surface area is 124 Å². The highest BCUT2D eigenvalue weighted by Crippen LogP contribution is 2.14. The SMILES string of the molecule is N#Cc1cccc(NC(=O)CCCN2CCCS2(=O)=O)c1. The first-order valence-electron chi connectivity index (χ1n) is 6.79.